The molecule has 0 fully saturated rings. The van der Waals surface area contributed by atoms with Gasteiger partial charge in [-0.25, -0.2) is 4.98 Å². The van der Waals surface area contributed by atoms with Crippen molar-refractivity contribution in [2.24, 2.45) is 0 Å². The quantitative estimate of drug-likeness (QED) is 0.702. The van der Waals surface area contributed by atoms with Crippen LogP contribution in [0.4, 0.5) is 0 Å². The highest BCUT2D eigenvalue weighted by molar-refractivity contribution is 5.35. The van der Waals surface area contributed by atoms with E-state index in [4.69, 9.17) is 4.74 Å². The molecule has 0 saturated heterocycles. The Labute approximate surface area is 141 Å². The monoisotopic (exact) mass is 323 g/mol. The molecule has 1 aromatic heterocycles. The van der Waals surface area contributed by atoms with Crippen molar-refractivity contribution in [2.75, 3.05) is 13.7 Å². The number of hydrogen-bond donors (Lipinski definition) is 2. The summed E-state index contributed by atoms with van der Waals surface area (Å²) in [7, 11) is 1.64. The highest BCUT2D eigenvalue weighted by Crippen LogP contribution is 2.19. The predicted octanol–water partition coefficient (Wildman–Crippen LogP) is 2.70. The number of ether oxygens (including phenoxy) is 1. The summed E-state index contributed by atoms with van der Waals surface area (Å²) in [6, 6.07) is 15.9. The molecule has 5 nitrogen and oxygen atoms in total. The van der Waals surface area contributed by atoms with E-state index in [0.717, 1.165) is 22.6 Å². The minimum atomic E-state index is -0.131. The molecule has 0 aliphatic carbocycles. The molecule has 0 bridgehead atoms. The molecule has 0 amide bonds. The van der Waals surface area contributed by atoms with Crippen LogP contribution in [0.25, 0.3) is 5.69 Å². The molecule has 2 N–H and O–H groups in total. The Morgan fingerprint density at radius 1 is 1.21 bits per heavy atom. The van der Waals surface area contributed by atoms with Gasteiger partial charge in [0.15, 0.2) is 0 Å². The van der Waals surface area contributed by atoms with Gasteiger partial charge in [0.2, 0.25) is 0 Å². The van der Waals surface area contributed by atoms with Crippen molar-refractivity contribution >= 4 is 0 Å². The van der Waals surface area contributed by atoms with Crippen molar-refractivity contribution in [3.63, 3.8) is 0 Å². The molecule has 0 saturated carbocycles. The third kappa shape index (κ3) is 3.82. The number of aromatic nitrogens is 2. The van der Waals surface area contributed by atoms with Crippen LogP contribution in [0.15, 0.2) is 67.3 Å². The number of imidazole rings is 1. The molecular weight excluding hydrogens is 302 g/mol. The summed E-state index contributed by atoms with van der Waals surface area (Å²) in [4.78, 5) is 4.05. The number of benzene rings is 2. The van der Waals surface area contributed by atoms with Crippen molar-refractivity contribution in [2.45, 2.75) is 12.6 Å². The van der Waals surface area contributed by atoms with E-state index in [-0.39, 0.29) is 12.6 Å². The van der Waals surface area contributed by atoms with Crippen LogP contribution in [-0.2, 0) is 6.54 Å². The normalized spacial score (nSPS) is 12.1. The van der Waals surface area contributed by atoms with E-state index >= 15 is 0 Å². The van der Waals surface area contributed by atoms with Gasteiger partial charge in [-0.2, -0.15) is 0 Å². The highest BCUT2D eigenvalue weighted by Gasteiger charge is 2.10. The molecule has 1 heterocycles. The molecular formula is C19H21N3O2. The smallest absolute Gasteiger partial charge is 0.119 e. The SMILES string of the molecule is COc1cccc(C(CO)NCc2ccc(-n3ccnc3)cc2)c1. The van der Waals surface area contributed by atoms with Gasteiger partial charge in [-0.15, -0.1) is 0 Å². The number of aliphatic hydroxyl groups is 1. The van der Waals surface area contributed by atoms with Gasteiger partial charge in [0.05, 0.1) is 26.1 Å². The van der Waals surface area contributed by atoms with E-state index < -0.39 is 0 Å². The van der Waals surface area contributed by atoms with Gasteiger partial charge >= 0.3 is 0 Å². The van der Waals surface area contributed by atoms with Crippen molar-refractivity contribution in [1.29, 1.82) is 0 Å². The van der Waals surface area contributed by atoms with Gasteiger partial charge in [-0.3, -0.25) is 0 Å². The fourth-order valence-electron chi connectivity index (χ4n) is 2.58. The summed E-state index contributed by atoms with van der Waals surface area (Å²) in [5, 5.41) is 13.1. The molecule has 124 valence electrons. The summed E-state index contributed by atoms with van der Waals surface area (Å²) in [5.74, 6) is 0.789. The first kappa shape index (κ1) is 16.2. The van der Waals surface area contributed by atoms with Crippen molar-refractivity contribution < 1.29 is 9.84 Å². The van der Waals surface area contributed by atoms with Crippen LogP contribution in [0.1, 0.15) is 17.2 Å². The zero-order chi connectivity index (χ0) is 16.8. The Balaban J connectivity index is 1.65. The molecule has 0 aliphatic heterocycles. The molecule has 5 heteroatoms. The van der Waals surface area contributed by atoms with Crippen molar-refractivity contribution in [3.8, 4) is 11.4 Å². The maximum Gasteiger partial charge on any atom is 0.119 e. The van der Waals surface area contributed by atoms with E-state index in [1.165, 1.54) is 0 Å². The molecule has 24 heavy (non-hydrogen) atoms. The van der Waals surface area contributed by atoms with Crippen LogP contribution >= 0.6 is 0 Å². The van der Waals surface area contributed by atoms with Gasteiger partial charge in [-0.05, 0) is 35.4 Å². The maximum atomic E-state index is 9.68. The number of nitrogens with zero attached hydrogens (tertiary/aromatic N) is 2. The fourth-order valence-corrected chi connectivity index (χ4v) is 2.58. The first-order valence-corrected chi connectivity index (χ1v) is 7.85. The molecule has 1 atom stereocenters. The minimum absolute atomic E-state index is 0.0281. The zero-order valence-electron chi connectivity index (χ0n) is 13.6. The average molecular weight is 323 g/mol. The van der Waals surface area contributed by atoms with Crippen LogP contribution in [0.2, 0.25) is 0 Å². The number of nitrogens with one attached hydrogen (secondary N) is 1. The third-order valence-electron chi connectivity index (χ3n) is 3.97. The second kappa shape index (κ2) is 7.77. The number of hydrogen-bond acceptors (Lipinski definition) is 4. The highest BCUT2D eigenvalue weighted by atomic mass is 16.5. The summed E-state index contributed by atoms with van der Waals surface area (Å²) < 4.78 is 7.21. The van der Waals surface area contributed by atoms with E-state index in [0.29, 0.717) is 6.54 Å². The van der Waals surface area contributed by atoms with Crippen molar-refractivity contribution in [3.05, 3.63) is 78.4 Å². The van der Waals surface area contributed by atoms with E-state index in [2.05, 4.69) is 34.6 Å². The molecule has 0 radical (unpaired) electrons. The van der Waals surface area contributed by atoms with Gasteiger partial charge in [-0.1, -0.05) is 24.3 Å². The Morgan fingerprint density at radius 3 is 2.71 bits per heavy atom. The second-order valence-corrected chi connectivity index (χ2v) is 5.53. The predicted molar refractivity (Wildman–Crippen MR) is 93.2 cm³/mol. The Bertz CT molecular complexity index is 755. The topological polar surface area (TPSA) is 59.3 Å². The van der Waals surface area contributed by atoms with Gasteiger partial charge in [0.25, 0.3) is 0 Å². The fraction of sp³-hybridized carbons (Fsp3) is 0.211. The Kier molecular flexibility index (Phi) is 5.25. The van der Waals surface area contributed by atoms with Crippen LogP contribution < -0.4 is 10.1 Å². The summed E-state index contributed by atoms with van der Waals surface area (Å²) in [6.45, 7) is 0.701. The molecule has 0 aliphatic rings. The lowest BCUT2D eigenvalue weighted by Crippen LogP contribution is -2.24. The molecule has 3 aromatic rings. The van der Waals surface area contributed by atoms with E-state index in [1.807, 2.05) is 35.0 Å². The lowest BCUT2D eigenvalue weighted by molar-refractivity contribution is 0.243. The summed E-state index contributed by atoms with van der Waals surface area (Å²) in [5.41, 5.74) is 3.23. The van der Waals surface area contributed by atoms with Gasteiger partial charge < -0.3 is 19.7 Å². The third-order valence-corrected chi connectivity index (χ3v) is 3.97. The first-order chi connectivity index (χ1) is 11.8. The lowest BCUT2D eigenvalue weighted by atomic mass is 10.1. The Hall–Kier alpha value is -2.63. The second-order valence-electron chi connectivity index (χ2n) is 5.53. The summed E-state index contributed by atoms with van der Waals surface area (Å²) in [6.07, 6.45) is 5.45. The lowest BCUT2D eigenvalue weighted by Gasteiger charge is -2.17. The summed E-state index contributed by atoms with van der Waals surface area (Å²) >= 11 is 0. The van der Waals surface area contributed by atoms with E-state index in [9.17, 15) is 5.11 Å². The molecule has 1 unspecified atom stereocenters. The van der Waals surface area contributed by atoms with Crippen molar-refractivity contribution in [1.82, 2.24) is 14.9 Å². The van der Waals surface area contributed by atoms with Crippen LogP contribution in [-0.4, -0.2) is 28.4 Å². The molecule has 3 rings (SSSR count). The standard InChI is InChI=1S/C19H21N3O2/c1-24-18-4-2-3-16(11-18)19(13-23)21-12-15-5-7-17(8-6-15)22-10-9-20-14-22/h2-11,14,19,21,23H,12-13H2,1H3. The molecule has 0 spiro atoms. The minimum Gasteiger partial charge on any atom is -0.497 e. The largest absolute Gasteiger partial charge is 0.497 e. The van der Waals surface area contributed by atoms with Crippen LogP contribution in [0, 0.1) is 0 Å². The average Bonchev–Trinajstić information content (AvgIpc) is 3.18. The molecule has 2 aromatic carbocycles. The van der Waals surface area contributed by atoms with E-state index in [1.54, 1.807) is 19.6 Å². The van der Waals surface area contributed by atoms with Gasteiger partial charge in [0.1, 0.15) is 5.75 Å². The zero-order valence-corrected chi connectivity index (χ0v) is 13.6. The van der Waals surface area contributed by atoms with Crippen LogP contribution in [0.5, 0.6) is 5.75 Å². The van der Waals surface area contributed by atoms with Crippen LogP contribution in [0.3, 0.4) is 0 Å². The Morgan fingerprint density at radius 2 is 2.04 bits per heavy atom. The maximum absolute atomic E-state index is 9.68. The number of methoxy groups -OCH3 is 1. The first-order valence-electron chi connectivity index (χ1n) is 7.85. The number of rotatable bonds is 7. The van der Waals surface area contributed by atoms with Gasteiger partial charge in [0, 0.05) is 24.6 Å². The number of aliphatic hydroxyl groups excluding tert-OH is 1.